The third-order valence-electron chi connectivity index (χ3n) is 5.40. The first-order valence-corrected chi connectivity index (χ1v) is 8.99. The maximum absolute atomic E-state index is 12.9. The van der Waals surface area contributed by atoms with Crippen LogP contribution in [0.4, 0.5) is 4.39 Å². The van der Waals surface area contributed by atoms with Crippen LogP contribution in [0.15, 0.2) is 24.3 Å². The van der Waals surface area contributed by atoms with E-state index in [0.29, 0.717) is 12.0 Å². The molecule has 0 bridgehead atoms. The summed E-state index contributed by atoms with van der Waals surface area (Å²) < 4.78 is 12.9. The number of likely N-dealkylation sites (tertiary alicyclic amines) is 1. The predicted octanol–water partition coefficient (Wildman–Crippen LogP) is 2.58. The lowest BCUT2D eigenvalue weighted by molar-refractivity contribution is -0.126. The number of amides is 1. The van der Waals surface area contributed by atoms with Crippen molar-refractivity contribution < 1.29 is 9.18 Å². The molecule has 1 amide bonds. The predicted molar refractivity (Wildman–Crippen MR) is 100 cm³/mol. The number of halogens is 2. The summed E-state index contributed by atoms with van der Waals surface area (Å²) in [6.07, 6.45) is 3.10. The number of nitrogens with one attached hydrogen (secondary N) is 2. The molecule has 1 unspecified atom stereocenters. The van der Waals surface area contributed by atoms with E-state index in [4.69, 9.17) is 0 Å². The van der Waals surface area contributed by atoms with Gasteiger partial charge in [-0.2, -0.15) is 0 Å². The molecule has 25 heavy (non-hydrogen) atoms. The van der Waals surface area contributed by atoms with E-state index in [1.54, 1.807) is 12.1 Å². The zero-order chi connectivity index (χ0) is 17.0. The molecule has 2 aliphatic rings. The number of piperidine rings is 1. The van der Waals surface area contributed by atoms with Crippen molar-refractivity contribution in [1.82, 2.24) is 15.5 Å². The zero-order valence-electron chi connectivity index (χ0n) is 14.9. The summed E-state index contributed by atoms with van der Waals surface area (Å²) in [7, 11) is 0. The van der Waals surface area contributed by atoms with Gasteiger partial charge in [0.05, 0.1) is 0 Å². The molecule has 2 aliphatic heterocycles. The molecule has 0 spiro atoms. The lowest BCUT2D eigenvalue weighted by atomic mass is 9.87. The topological polar surface area (TPSA) is 44.4 Å². The van der Waals surface area contributed by atoms with Gasteiger partial charge >= 0.3 is 0 Å². The second-order valence-corrected chi connectivity index (χ2v) is 7.63. The van der Waals surface area contributed by atoms with Crippen LogP contribution in [0.3, 0.4) is 0 Å². The highest BCUT2D eigenvalue weighted by molar-refractivity contribution is 5.85. The average molecular weight is 370 g/mol. The van der Waals surface area contributed by atoms with E-state index in [9.17, 15) is 9.18 Å². The first-order valence-electron chi connectivity index (χ1n) is 8.99. The maximum Gasteiger partial charge on any atom is 0.223 e. The summed E-state index contributed by atoms with van der Waals surface area (Å²) in [5.74, 6) is -0.00691. The molecule has 0 aromatic heterocycles. The van der Waals surface area contributed by atoms with Crippen molar-refractivity contribution in [3.05, 3.63) is 35.6 Å². The molecule has 4 nitrogen and oxygen atoms in total. The van der Waals surface area contributed by atoms with Gasteiger partial charge in [-0.3, -0.25) is 4.79 Å². The monoisotopic (exact) mass is 369 g/mol. The lowest BCUT2D eigenvalue weighted by Crippen LogP contribution is -2.44. The molecule has 3 rings (SSSR count). The molecule has 2 saturated heterocycles. The van der Waals surface area contributed by atoms with E-state index >= 15 is 0 Å². The summed E-state index contributed by atoms with van der Waals surface area (Å²) in [5.41, 5.74) is 1.32. The van der Waals surface area contributed by atoms with Crippen molar-refractivity contribution >= 4 is 18.3 Å². The Balaban J connectivity index is 0.00000225. The van der Waals surface area contributed by atoms with Gasteiger partial charge < -0.3 is 15.5 Å². The molecule has 2 fully saturated rings. The average Bonchev–Trinajstić information content (AvgIpc) is 3.01. The normalized spacial score (nSPS) is 24.7. The van der Waals surface area contributed by atoms with Gasteiger partial charge in [0.1, 0.15) is 5.82 Å². The summed E-state index contributed by atoms with van der Waals surface area (Å²) in [5, 5.41) is 6.44. The van der Waals surface area contributed by atoms with E-state index in [-0.39, 0.29) is 30.0 Å². The fourth-order valence-corrected chi connectivity index (χ4v) is 3.83. The Labute approximate surface area is 156 Å². The Bertz CT molecular complexity index is 552. The Morgan fingerprint density at radius 1 is 1.32 bits per heavy atom. The summed E-state index contributed by atoms with van der Waals surface area (Å²) >= 11 is 0. The van der Waals surface area contributed by atoms with Crippen LogP contribution in [0.5, 0.6) is 0 Å². The molecule has 140 valence electrons. The lowest BCUT2D eigenvalue weighted by Gasteiger charge is -2.36. The maximum atomic E-state index is 12.9. The van der Waals surface area contributed by atoms with Gasteiger partial charge in [-0.05, 0) is 62.0 Å². The third-order valence-corrected chi connectivity index (χ3v) is 5.40. The molecule has 0 saturated carbocycles. The van der Waals surface area contributed by atoms with Crippen molar-refractivity contribution in [3.63, 3.8) is 0 Å². The largest absolute Gasteiger partial charge is 0.352 e. The van der Waals surface area contributed by atoms with Crippen LogP contribution in [-0.2, 0) is 11.3 Å². The van der Waals surface area contributed by atoms with Crippen molar-refractivity contribution in [3.8, 4) is 0 Å². The Morgan fingerprint density at radius 3 is 2.60 bits per heavy atom. The number of nitrogens with zero attached hydrogens (tertiary/aromatic N) is 1. The molecule has 2 N–H and O–H groups in total. The van der Waals surface area contributed by atoms with Gasteiger partial charge in [-0.25, -0.2) is 4.39 Å². The number of benzene rings is 1. The first kappa shape index (κ1) is 20.1. The summed E-state index contributed by atoms with van der Waals surface area (Å²) in [6, 6.07) is 6.29. The van der Waals surface area contributed by atoms with Crippen LogP contribution < -0.4 is 10.6 Å². The molecular formula is C19H29ClFN3O. The molecule has 1 atom stereocenters. The van der Waals surface area contributed by atoms with Gasteiger partial charge in [-0.1, -0.05) is 19.1 Å². The Hall–Kier alpha value is -1.17. The van der Waals surface area contributed by atoms with Gasteiger partial charge in [0, 0.05) is 25.6 Å². The molecule has 0 aliphatic carbocycles. The molecule has 1 aromatic carbocycles. The highest BCUT2D eigenvalue weighted by Gasteiger charge is 2.33. The number of carbonyl (C=O) groups is 1. The highest BCUT2D eigenvalue weighted by atomic mass is 35.5. The van der Waals surface area contributed by atoms with Crippen LogP contribution in [0.1, 0.15) is 31.7 Å². The van der Waals surface area contributed by atoms with Crippen LogP contribution >= 0.6 is 12.4 Å². The highest BCUT2D eigenvalue weighted by Crippen LogP contribution is 2.28. The van der Waals surface area contributed by atoms with E-state index in [1.807, 2.05) is 0 Å². The SMILES string of the molecule is CC1(CN2CCC(C(=O)NCc3ccc(F)cc3)CC2)CCNC1.Cl. The van der Waals surface area contributed by atoms with E-state index in [1.165, 1.54) is 18.6 Å². The molecular weight excluding hydrogens is 341 g/mol. The quantitative estimate of drug-likeness (QED) is 0.838. The third kappa shape index (κ3) is 5.66. The Morgan fingerprint density at radius 2 is 2.00 bits per heavy atom. The molecule has 6 heteroatoms. The van der Waals surface area contributed by atoms with Gasteiger partial charge in [0.2, 0.25) is 5.91 Å². The fraction of sp³-hybridized carbons (Fsp3) is 0.632. The minimum absolute atomic E-state index is 0. The van der Waals surface area contributed by atoms with Crippen LogP contribution in [0, 0.1) is 17.2 Å². The van der Waals surface area contributed by atoms with Crippen molar-refractivity contribution in [2.45, 2.75) is 32.7 Å². The number of carbonyl (C=O) groups excluding carboxylic acids is 1. The zero-order valence-corrected chi connectivity index (χ0v) is 15.7. The minimum atomic E-state index is -0.247. The number of hydrogen-bond acceptors (Lipinski definition) is 3. The standard InChI is InChI=1S/C19H28FN3O.ClH/c1-19(8-9-21-13-19)14-23-10-6-16(7-11-23)18(24)22-12-15-2-4-17(20)5-3-15;/h2-5,16,21H,6-14H2,1H3,(H,22,24);1H. The Kier molecular flexibility index (Phi) is 7.23. The van der Waals surface area contributed by atoms with Crippen molar-refractivity contribution in [2.24, 2.45) is 11.3 Å². The van der Waals surface area contributed by atoms with Gasteiger partial charge in [0.15, 0.2) is 0 Å². The van der Waals surface area contributed by atoms with E-state index < -0.39 is 0 Å². The van der Waals surface area contributed by atoms with Crippen LogP contribution in [0.2, 0.25) is 0 Å². The minimum Gasteiger partial charge on any atom is -0.352 e. The molecule has 1 aromatic rings. The number of hydrogen-bond donors (Lipinski definition) is 2. The summed E-state index contributed by atoms with van der Waals surface area (Å²) in [4.78, 5) is 14.8. The smallest absolute Gasteiger partial charge is 0.223 e. The summed E-state index contributed by atoms with van der Waals surface area (Å²) in [6.45, 7) is 8.19. The molecule has 2 heterocycles. The van der Waals surface area contributed by atoms with Gasteiger partial charge in [0.25, 0.3) is 0 Å². The van der Waals surface area contributed by atoms with E-state index in [2.05, 4.69) is 22.5 Å². The van der Waals surface area contributed by atoms with Crippen LogP contribution in [0.25, 0.3) is 0 Å². The van der Waals surface area contributed by atoms with Crippen LogP contribution in [-0.4, -0.2) is 43.5 Å². The number of rotatable bonds is 5. The first-order chi connectivity index (χ1) is 11.5. The van der Waals surface area contributed by atoms with Gasteiger partial charge in [-0.15, -0.1) is 12.4 Å². The van der Waals surface area contributed by atoms with Crippen molar-refractivity contribution in [1.29, 1.82) is 0 Å². The second-order valence-electron chi connectivity index (χ2n) is 7.63. The molecule has 0 radical (unpaired) electrons. The fourth-order valence-electron chi connectivity index (χ4n) is 3.83. The van der Waals surface area contributed by atoms with E-state index in [0.717, 1.165) is 51.1 Å². The second kappa shape index (κ2) is 8.97. The van der Waals surface area contributed by atoms with Crippen molar-refractivity contribution in [2.75, 3.05) is 32.7 Å².